The molecule has 1 aromatic rings. The lowest BCUT2D eigenvalue weighted by molar-refractivity contribution is 0.211. The Balaban J connectivity index is 2.13. The Morgan fingerprint density at radius 3 is 2.67 bits per heavy atom. The summed E-state index contributed by atoms with van der Waals surface area (Å²) in [6.07, 6.45) is 2.83. The van der Waals surface area contributed by atoms with Crippen LogP contribution >= 0.6 is 0 Å². The molecule has 0 atom stereocenters. The zero-order valence-electron chi connectivity index (χ0n) is 8.79. The molecule has 1 aliphatic carbocycles. The molecule has 0 spiro atoms. The number of methoxy groups -OCH3 is 1. The minimum absolute atomic E-state index is 0.0288. The minimum atomic E-state index is -0.330. The van der Waals surface area contributed by atoms with Gasteiger partial charge in [-0.2, -0.15) is 0 Å². The zero-order valence-corrected chi connectivity index (χ0v) is 8.79. The van der Waals surface area contributed by atoms with Crippen LogP contribution in [0.15, 0.2) is 18.2 Å². The lowest BCUT2D eigenvalue weighted by atomic mass is 9.97. The van der Waals surface area contributed by atoms with E-state index in [9.17, 15) is 4.39 Å². The predicted octanol–water partition coefficient (Wildman–Crippen LogP) is 2.15. The molecule has 0 aliphatic heterocycles. The van der Waals surface area contributed by atoms with Gasteiger partial charge in [0.05, 0.1) is 7.11 Å². The quantitative estimate of drug-likeness (QED) is 0.825. The molecule has 1 N–H and O–H groups in total. The van der Waals surface area contributed by atoms with Gasteiger partial charge in [0.1, 0.15) is 0 Å². The van der Waals surface area contributed by atoms with Gasteiger partial charge in [0.15, 0.2) is 11.6 Å². The second-order valence-electron chi connectivity index (χ2n) is 4.30. The molecule has 1 saturated carbocycles. The summed E-state index contributed by atoms with van der Waals surface area (Å²) in [5.41, 5.74) is 0.959. The van der Waals surface area contributed by atoms with E-state index in [1.807, 2.05) is 6.07 Å². The van der Waals surface area contributed by atoms with Crippen LogP contribution in [0.4, 0.5) is 4.39 Å². The third-order valence-corrected chi connectivity index (χ3v) is 3.09. The van der Waals surface area contributed by atoms with E-state index >= 15 is 0 Å². The van der Waals surface area contributed by atoms with E-state index in [-0.39, 0.29) is 23.6 Å². The van der Waals surface area contributed by atoms with Gasteiger partial charge >= 0.3 is 0 Å². The van der Waals surface area contributed by atoms with Crippen LogP contribution in [0.2, 0.25) is 0 Å². The zero-order chi connectivity index (χ0) is 10.9. The fourth-order valence-electron chi connectivity index (χ4n) is 1.82. The molecule has 1 fully saturated rings. The van der Waals surface area contributed by atoms with E-state index in [4.69, 9.17) is 9.84 Å². The first-order valence-electron chi connectivity index (χ1n) is 5.12. The van der Waals surface area contributed by atoms with Gasteiger partial charge < -0.3 is 9.84 Å². The lowest BCUT2D eigenvalue weighted by Gasteiger charge is -2.12. The van der Waals surface area contributed by atoms with Gasteiger partial charge in [0.25, 0.3) is 0 Å². The maximum atomic E-state index is 13.4. The number of aliphatic hydroxyl groups is 1. The third-order valence-electron chi connectivity index (χ3n) is 3.09. The van der Waals surface area contributed by atoms with Gasteiger partial charge in [-0.3, -0.25) is 0 Å². The van der Waals surface area contributed by atoms with E-state index < -0.39 is 0 Å². The third kappa shape index (κ3) is 2.12. The van der Waals surface area contributed by atoms with Crippen molar-refractivity contribution in [1.29, 1.82) is 0 Å². The Bertz CT molecular complexity index is 359. The molecule has 1 aliphatic rings. The van der Waals surface area contributed by atoms with Crippen molar-refractivity contribution < 1.29 is 14.2 Å². The summed E-state index contributed by atoms with van der Waals surface area (Å²) in [5, 5.41) is 9.17. The highest BCUT2D eigenvalue weighted by Gasteiger charge is 2.41. The maximum Gasteiger partial charge on any atom is 0.165 e. The highest BCUT2D eigenvalue weighted by molar-refractivity contribution is 5.30. The Morgan fingerprint density at radius 1 is 1.47 bits per heavy atom. The molecule has 1 aromatic carbocycles. The first-order chi connectivity index (χ1) is 7.19. The van der Waals surface area contributed by atoms with Crippen LogP contribution < -0.4 is 4.74 Å². The molecule has 0 aromatic heterocycles. The number of rotatable bonds is 4. The highest BCUT2D eigenvalue weighted by atomic mass is 19.1. The molecule has 2 nitrogen and oxygen atoms in total. The van der Waals surface area contributed by atoms with Crippen molar-refractivity contribution in [3.05, 3.63) is 29.6 Å². The van der Waals surface area contributed by atoms with Crippen molar-refractivity contribution in [1.82, 2.24) is 0 Å². The number of aliphatic hydroxyl groups excluding tert-OH is 1. The van der Waals surface area contributed by atoms with Crippen LogP contribution in [-0.4, -0.2) is 18.8 Å². The van der Waals surface area contributed by atoms with E-state index in [2.05, 4.69) is 0 Å². The Hall–Kier alpha value is -1.09. The van der Waals surface area contributed by atoms with Crippen molar-refractivity contribution in [2.45, 2.75) is 19.3 Å². The van der Waals surface area contributed by atoms with Crippen molar-refractivity contribution in [3.8, 4) is 5.75 Å². The molecule has 3 heteroatoms. The first kappa shape index (κ1) is 10.4. The maximum absolute atomic E-state index is 13.4. The summed E-state index contributed by atoms with van der Waals surface area (Å²) < 4.78 is 18.2. The number of halogens is 1. The second-order valence-corrected chi connectivity index (χ2v) is 4.30. The van der Waals surface area contributed by atoms with Crippen LogP contribution in [0.3, 0.4) is 0 Å². The number of ether oxygens (including phenoxy) is 1. The molecule has 0 unspecified atom stereocenters. The standard InChI is InChI=1S/C12H15FO2/c1-15-11-3-2-9(6-10(11)13)7-12(8-14)4-5-12/h2-3,6,14H,4-5,7-8H2,1H3. The molecule has 0 radical (unpaired) electrons. The van der Waals surface area contributed by atoms with E-state index in [1.54, 1.807) is 6.07 Å². The summed E-state index contributed by atoms with van der Waals surface area (Å²) in [6.45, 7) is 0.195. The van der Waals surface area contributed by atoms with Crippen molar-refractivity contribution in [2.75, 3.05) is 13.7 Å². The van der Waals surface area contributed by atoms with Crippen LogP contribution in [0.25, 0.3) is 0 Å². The Morgan fingerprint density at radius 2 is 2.20 bits per heavy atom. The Kier molecular flexibility index (Phi) is 2.65. The fraction of sp³-hybridized carbons (Fsp3) is 0.500. The van der Waals surface area contributed by atoms with Crippen LogP contribution in [0.5, 0.6) is 5.75 Å². The van der Waals surface area contributed by atoms with E-state index in [1.165, 1.54) is 13.2 Å². The van der Waals surface area contributed by atoms with Gasteiger partial charge in [0, 0.05) is 6.61 Å². The molecule has 82 valence electrons. The summed E-state index contributed by atoms with van der Waals surface area (Å²) in [6, 6.07) is 4.99. The smallest absolute Gasteiger partial charge is 0.165 e. The summed E-state index contributed by atoms with van der Waals surface area (Å²) >= 11 is 0. The SMILES string of the molecule is COc1ccc(CC2(CO)CC2)cc1F. The molecular weight excluding hydrogens is 195 g/mol. The van der Waals surface area contributed by atoms with Gasteiger partial charge in [-0.1, -0.05) is 6.07 Å². The number of hydrogen-bond donors (Lipinski definition) is 1. The summed E-state index contributed by atoms with van der Waals surface area (Å²) in [5.74, 6) is -0.0589. The fourth-order valence-corrected chi connectivity index (χ4v) is 1.82. The predicted molar refractivity (Wildman–Crippen MR) is 55.4 cm³/mol. The molecular formula is C12H15FO2. The topological polar surface area (TPSA) is 29.5 Å². The van der Waals surface area contributed by atoms with Gasteiger partial charge in [-0.25, -0.2) is 4.39 Å². The van der Waals surface area contributed by atoms with Crippen molar-refractivity contribution in [2.24, 2.45) is 5.41 Å². The van der Waals surface area contributed by atoms with Crippen molar-refractivity contribution in [3.63, 3.8) is 0 Å². The molecule has 15 heavy (non-hydrogen) atoms. The molecule has 2 rings (SSSR count). The van der Waals surface area contributed by atoms with E-state index in [0.717, 1.165) is 24.8 Å². The Labute approximate surface area is 88.7 Å². The van der Waals surface area contributed by atoms with Crippen molar-refractivity contribution >= 4 is 0 Å². The second kappa shape index (κ2) is 3.81. The largest absolute Gasteiger partial charge is 0.494 e. The lowest BCUT2D eigenvalue weighted by Crippen LogP contribution is -2.10. The van der Waals surface area contributed by atoms with Gasteiger partial charge in [-0.15, -0.1) is 0 Å². The van der Waals surface area contributed by atoms with Crippen LogP contribution in [0, 0.1) is 11.2 Å². The van der Waals surface area contributed by atoms with Crippen LogP contribution in [0.1, 0.15) is 18.4 Å². The van der Waals surface area contributed by atoms with Gasteiger partial charge in [-0.05, 0) is 42.4 Å². The number of hydrogen-bond acceptors (Lipinski definition) is 2. The average Bonchev–Trinajstić information content (AvgIpc) is 2.99. The van der Waals surface area contributed by atoms with Gasteiger partial charge in [0.2, 0.25) is 0 Å². The highest BCUT2D eigenvalue weighted by Crippen LogP contribution is 2.47. The molecule has 0 heterocycles. The summed E-state index contributed by atoms with van der Waals surface area (Å²) in [4.78, 5) is 0. The summed E-state index contributed by atoms with van der Waals surface area (Å²) in [7, 11) is 1.45. The minimum Gasteiger partial charge on any atom is -0.494 e. The monoisotopic (exact) mass is 210 g/mol. The normalized spacial score (nSPS) is 17.5. The van der Waals surface area contributed by atoms with E-state index in [0.29, 0.717) is 0 Å². The first-order valence-corrected chi connectivity index (χ1v) is 5.12. The number of benzene rings is 1. The average molecular weight is 210 g/mol. The molecule has 0 amide bonds. The van der Waals surface area contributed by atoms with Crippen LogP contribution in [-0.2, 0) is 6.42 Å². The molecule has 0 bridgehead atoms. The molecule has 0 saturated heterocycles.